The van der Waals surface area contributed by atoms with Crippen molar-refractivity contribution in [2.75, 3.05) is 17.3 Å². The predicted octanol–water partition coefficient (Wildman–Crippen LogP) is 6.26. The highest BCUT2D eigenvalue weighted by Gasteiger charge is 2.34. The zero-order chi connectivity index (χ0) is 21.3. The summed E-state index contributed by atoms with van der Waals surface area (Å²) in [6.45, 7) is 6.60. The highest BCUT2D eigenvalue weighted by atomic mass is 35.5. The fourth-order valence-electron chi connectivity index (χ4n) is 3.77. The smallest absolute Gasteiger partial charge is 0.266 e. The van der Waals surface area contributed by atoms with Gasteiger partial charge in [-0.25, -0.2) is 0 Å². The first-order chi connectivity index (χ1) is 13.6. The summed E-state index contributed by atoms with van der Waals surface area (Å²) in [6, 6.07) is 12.7. The largest absolute Gasteiger partial charge is 0.369 e. The van der Waals surface area contributed by atoms with Gasteiger partial charge in [-0.3, -0.25) is 4.79 Å². The lowest BCUT2D eigenvalue weighted by Gasteiger charge is -2.45. The van der Waals surface area contributed by atoms with Gasteiger partial charge in [-0.05, 0) is 67.7 Å². The fourth-order valence-corrected chi connectivity index (χ4v) is 4.17. The SMILES string of the molecule is CC1CC(C)(C)N(C)c2cc(Cl)c(/C=C(\C#N)C(=O)Nc3ccccc3Cl)cc21. The molecule has 1 aliphatic heterocycles. The summed E-state index contributed by atoms with van der Waals surface area (Å²) >= 11 is 12.6. The van der Waals surface area contributed by atoms with Crippen LogP contribution in [0.4, 0.5) is 11.4 Å². The third-order valence-corrected chi connectivity index (χ3v) is 6.20. The van der Waals surface area contributed by atoms with Crippen molar-refractivity contribution in [1.82, 2.24) is 0 Å². The number of nitrogens with zero attached hydrogens (tertiary/aromatic N) is 2. The van der Waals surface area contributed by atoms with Gasteiger partial charge in [0.25, 0.3) is 5.91 Å². The van der Waals surface area contributed by atoms with E-state index in [0.717, 1.165) is 17.7 Å². The Hall–Kier alpha value is -2.48. The van der Waals surface area contributed by atoms with Crippen LogP contribution in [-0.2, 0) is 4.79 Å². The Labute approximate surface area is 181 Å². The molecule has 2 aromatic carbocycles. The summed E-state index contributed by atoms with van der Waals surface area (Å²) in [7, 11) is 2.06. The molecule has 0 spiro atoms. The van der Waals surface area contributed by atoms with E-state index in [1.807, 2.05) is 18.2 Å². The van der Waals surface area contributed by atoms with E-state index in [4.69, 9.17) is 23.2 Å². The number of carbonyl (C=O) groups is 1. The monoisotopic (exact) mass is 427 g/mol. The topological polar surface area (TPSA) is 56.1 Å². The van der Waals surface area contributed by atoms with E-state index in [0.29, 0.717) is 27.2 Å². The number of amides is 1. The van der Waals surface area contributed by atoms with Gasteiger partial charge >= 0.3 is 0 Å². The second-order valence-electron chi connectivity index (χ2n) is 8.01. The molecule has 1 N–H and O–H groups in total. The van der Waals surface area contributed by atoms with Gasteiger partial charge in [-0.2, -0.15) is 5.26 Å². The number of nitriles is 1. The molecule has 3 rings (SSSR count). The summed E-state index contributed by atoms with van der Waals surface area (Å²) in [4.78, 5) is 14.8. The quantitative estimate of drug-likeness (QED) is 0.464. The van der Waals surface area contributed by atoms with Crippen molar-refractivity contribution in [2.24, 2.45) is 0 Å². The molecule has 150 valence electrons. The van der Waals surface area contributed by atoms with E-state index < -0.39 is 5.91 Å². The van der Waals surface area contributed by atoms with Crippen LogP contribution in [0.25, 0.3) is 6.08 Å². The molecule has 4 nitrogen and oxygen atoms in total. The average Bonchev–Trinajstić information content (AvgIpc) is 2.66. The van der Waals surface area contributed by atoms with Crippen molar-refractivity contribution in [3.05, 3.63) is 63.1 Å². The van der Waals surface area contributed by atoms with Crippen molar-refractivity contribution >= 4 is 46.6 Å². The van der Waals surface area contributed by atoms with Crippen LogP contribution in [-0.4, -0.2) is 18.5 Å². The number of hydrogen-bond acceptors (Lipinski definition) is 3. The van der Waals surface area contributed by atoms with Crippen molar-refractivity contribution in [2.45, 2.75) is 38.6 Å². The van der Waals surface area contributed by atoms with Crippen LogP contribution in [0.1, 0.15) is 44.2 Å². The van der Waals surface area contributed by atoms with Crippen molar-refractivity contribution < 1.29 is 4.79 Å². The minimum atomic E-state index is -0.527. The van der Waals surface area contributed by atoms with Crippen molar-refractivity contribution in [3.8, 4) is 6.07 Å². The molecular formula is C23H23Cl2N3O. The molecular weight excluding hydrogens is 405 g/mol. The standard InChI is InChI=1S/C23H23Cl2N3O/c1-14-12-23(2,3)28(4)21-11-19(25)15(10-17(14)21)9-16(13-26)22(29)27-20-8-6-5-7-18(20)24/h5-11,14H,12H2,1-4H3,(H,27,29)/b16-9+. The number of halogens is 2. The number of hydrogen-bond donors (Lipinski definition) is 1. The first kappa shape index (κ1) is 21.2. The molecule has 1 atom stereocenters. The molecule has 0 saturated heterocycles. The van der Waals surface area contributed by atoms with Crippen molar-refractivity contribution in [3.63, 3.8) is 0 Å². The van der Waals surface area contributed by atoms with Crippen LogP contribution in [0.15, 0.2) is 42.0 Å². The van der Waals surface area contributed by atoms with Gasteiger partial charge in [-0.15, -0.1) is 0 Å². The molecule has 1 amide bonds. The fraction of sp³-hybridized carbons (Fsp3) is 0.304. The van der Waals surface area contributed by atoms with E-state index >= 15 is 0 Å². The van der Waals surface area contributed by atoms with Crippen LogP contribution in [0.3, 0.4) is 0 Å². The normalized spacial score (nSPS) is 18.0. The maximum Gasteiger partial charge on any atom is 0.266 e. The molecule has 6 heteroatoms. The average molecular weight is 428 g/mol. The van der Waals surface area contributed by atoms with Gasteiger partial charge in [0, 0.05) is 23.3 Å². The predicted molar refractivity (Wildman–Crippen MR) is 121 cm³/mol. The zero-order valence-corrected chi connectivity index (χ0v) is 18.4. The van der Waals surface area contributed by atoms with Crippen LogP contribution in [0, 0.1) is 11.3 Å². The number of benzene rings is 2. The Morgan fingerprint density at radius 2 is 1.97 bits per heavy atom. The van der Waals surface area contributed by atoms with Gasteiger partial charge < -0.3 is 10.2 Å². The summed E-state index contributed by atoms with van der Waals surface area (Å²) in [5.41, 5.74) is 3.33. The van der Waals surface area contributed by atoms with E-state index in [-0.39, 0.29) is 11.1 Å². The number of fused-ring (bicyclic) bond motifs is 1. The second kappa shape index (κ2) is 8.10. The summed E-state index contributed by atoms with van der Waals surface area (Å²) in [5, 5.41) is 13.1. The van der Waals surface area contributed by atoms with Crippen molar-refractivity contribution in [1.29, 1.82) is 5.26 Å². The molecule has 29 heavy (non-hydrogen) atoms. The molecule has 1 unspecified atom stereocenters. The first-order valence-electron chi connectivity index (χ1n) is 9.39. The van der Waals surface area contributed by atoms with Crippen LogP contribution in [0.2, 0.25) is 10.0 Å². The molecule has 0 saturated carbocycles. The third kappa shape index (κ3) is 4.27. The Morgan fingerprint density at radius 1 is 1.28 bits per heavy atom. The molecule has 1 heterocycles. The van der Waals surface area contributed by atoms with Gasteiger partial charge in [0.1, 0.15) is 11.6 Å². The number of para-hydroxylation sites is 1. The number of nitrogens with one attached hydrogen (secondary N) is 1. The Bertz CT molecular complexity index is 1040. The Morgan fingerprint density at radius 3 is 2.62 bits per heavy atom. The molecule has 0 bridgehead atoms. The molecule has 0 fully saturated rings. The zero-order valence-electron chi connectivity index (χ0n) is 16.9. The van der Waals surface area contributed by atoms with Crippen LogP contribution < -0.4 is 10.2 Å². The third-order valence-electron chi connectivity index (χ3n) is 5.54. The minimum absolute atomic E-state index is 0.0275. The minimum Gasteiger partial charge on any atom is -0.369 e. The maximum atomic E-state index is 12.6. The summed E-state index contributed by atoms with van der Waals surface area (Å²) in [6.07, 6.45) is 2.53. The lowest BCUT2D eigenvalue weighted by molar-refractivity contribution is -0.112. The summed E-state index contributed by atoms with van der Waals surface area (Å²) in [5.74, 6) is -0.191. The van der Waals surface area contributed by atoms with Gasteiger partial charge in [0.2, 0.25) is 0 Å². The van der Waals surface area contributed by atoms with E-state index in [1.165, 1.54) is 6.08 Å². The van der Waals surface area contributed by atoms with Gasteiger partial charge in [0.15, 0.2) is 0 Å². The van der Waals surface area contributed by atoms with Gasteiger partial charge in [0.05, 0.1) is 10.7 Å². The van der Waals surface area contributed by atoms with Gasteiger partial charge in [-0.1, -0.05) is 42.3 Å². The molecule has 2 aromatic rings. The Balaban J connectivity index is 1.97. The summed E-state index contributed by atoms with van der Waals surface area (Å²) < 4.78 is 0. The van der Waals surface area contributed by atoms with E-state index in [9.17, 15) is 10.1 Å². The molecule has 0 aromatic heterocycles. The first-order valence-corrected chi connectivity index (χ1v) is 10.1. The van der Waals surface area contributed by atoms with E-state index in [2.05, 4.69) is 38.0 Å². The Kier molecular flexibility index (Phi) is 5.93. The number of anilines is 2. The number of rotatable bonds is 3. The van der Waals surface area contributed by atoms with Crippen LogP contribution in [0.5, 0.6) is 0 Å². The lowest BCUT2D eigenvalue weighted by atomic mass is 9.80. The highest BCUT2D eigenvalue weighted by Crippen LogP contribution is 2.44. The molecule has 1 aliphatic rings. The highest BCUT2D eigenvalue weighted by molar-refractivity contribution is 6.34. The molecule has 0 radical (unpaired) electrons. The lowest BCUT2D eigenvalue weighted by Crippen LogP contribution is -2.45. The molecule has 0 aliphatic carbocycles. The second-order valence-corrected chi connectivity index (χ2v) is 8.83. The number of carbonyl (C=O) groups excluding carboxylic acids is 1. The maximum absolute atomic E-state index is 12.6. The van der Waals surface area contributed by atoms with E-state index in [1.54, 1.807) is 24.3 Å². The van der Waals surface area contributed by atoms with Crippen LogP contribution >= 0.6 is 23.2 Å².